The first-order valence-corrected chi connectivity index (χ1v) is 7.10. The highest BCUT2D eigenvalue weighted by atomic mass is 16.4. The predicted molar refractivity (Wildman–Crippen MR) is 83.8 cm³/mol. The number of rotatable bonds is 4. The van der Waals surface area contributed by atoms with Gasteiger partial charge in [0, 0.05) is 43.8 Å². The predicted octanol–water partition coefficient (Wildman–Crippen LogP) is 1.33. The van der Waals surface area contributed by atoms with Gasteiger partial charge in [0.15, 0.2) is 0 Å². The average molecular weight is 299 g/mol. The molecule has 0 saturated carbocycles. The number of benzene rings is 1. The summed E-state index contributed by atoms with van der Waals surface area (Å²) in [5.74, 6) is -0.766. The lowest BCUT2D eigenvalue weighted by molar-refractivity contribution is 0.0697. The summed E-state index contributed by atoms with van der Waals surface area (Å²) in [7, 11) is 0. The van der Waals surface area contributed by atoms with Crippen molar-refractivity contribution in [1.82, 2.24) is 15.3 Å². The van der Waals surface area contributed by atoms with E-state index in [0.29, 0.717) is 0 Å². The Morgan fingerprint density at radius 1 is 1.23 bits per heavy atom. The van der Waals surface area contributed by atoms with Crippen molar-refractivity contribution in [3.05, 3.63) is 42.4 Å². The largest absolute Gasteiger partial charge is 0.477 e. The number of nitrogens with zero attached hydrogens (tertiary/aromatic N) is 3. The molecular formula is C15H17N5O2. The second kappa shape index (κ2) is 6.40. The van der Waals surface area contributed by atoms with Gasteiger partial charge in [-0.2, -0.15) is 0 Å². The Bertz CT molecular complexity index is 653. The Kier molecular flexibility index (Phi) is 4.15. The van der Waals surface area contributed by atoms with E-state index in [1.54, 1.807) is 0 Å². The van der Waals surface area contributed by atoms with E-state index in [1.807, 2.05) is 24.3 Å². The van der Waals surface area contributed by atoms with Gasteiger partial charge < -0.3 is 20.6 Å². The van der Waals surface area contributed by atoms with Gasteiger partial charge in [-0.05, 0) is 24.3 Å². The highest BCUT2D eigenvalue weighted by Crippen LogP contribution is 2.22. The van der Waals surface area contributed by atoms with E-state index in [0.717, 1.165) is 37.6 Å². The summed E-state index contributed by atoms with van der Waals surface area (Å²) in [5, 5.41) is 15.5. The van der Waals surface area contributed by atoms with Crippen molar-refractivity contribution in [1.29, 1.82) is 0 Å². The molecular weight excluding hydrogens is 282 g/mol. The monoisotopic (exact) mass is 299 g/mol. The van der Waals surface area contributed by atoms with Crippen LogP contribution in [-0.2, 0) is 0 Å². The van der Waals surface area contributed by atoms with Gasteiger partial charge in [0.1, 0.15) is 17.7 Å². The van der Waals surface area contributed by atoms with Gasteiger partial charge in [0.25, 0.3) is 0 Å². The van der Waals surface area contributed by atoms with Crippen LogP contribution in [0.1, 0.15) is 10.4 Å². The lowest BCUT2D eigenvalue weighted by atomic mass is 10.2. The summed E-state index contributed by atoms with van der Waals surface area (Å²) >= 11 is 0. The number of carbonyl (C=O) groups is 1. The van der Waals surface area contributed by atoms with Gasteiger partial charge in [-0.15, -0.1) is 0 Å². The van der Waals surface area contributed by atoms with Crippen molar-refractivity contribution in [2.75, 3.05) is 36.4 Å². The molecule has 0 aliphatic carbocycles. The molecule has 7 heteroatoms. The summed E-state index contributed by atoms with van der Waals surface area (Å²) < 4.78 is 0. The minimum absolute atomic E-state index is 0.0497. The van der Waals surface area contributed by atoms with E-state index in [4.69, 9.17) is 5.11 Å². The van der Waals surface area contributed by atoms with Gasteiger partial charge in [-0.1, -0.05) is 0 Å². The van der Waals surface area contributed by atoms with Crippen molar-refractivity contribution >= 4 is 23.2 Å². The molecule has 7 nitrogen and oxygen atoms in total. The maximum absolute atomic E-state index is 11.1. The van der Waals surface area contributed by atoms with Crippen LogP contribution in [0.5, 0.6) is 0 Å². The number of piperazine rings is 1. The lowest BCUT2D eigenvalue weighted by Gasteiger charge is -2.29. The van der Waals surface area contributed by atoms with Crippen LogP contribution in [0, 0.1) is 0 Å². The lowest BCUT2D eigenvalue weighted by Crippen LogP contribution is -2.43. The van der Waals surface area contributed by atoms with E-state index in [9.17, 15) is 4.79 Å². The molecule has 1 aliphatic rings. The van der Waals surface area contributed by atoms with Crippen LogP contribution in [0.3, 0.4) is 0 Å². The van der Waals surface area contributed by atoms with Gasteiger partial charge in [-0.25, -0.2) is 14.8 Å². The summed E-state index contributed by atoms with van der Waals surface area (Å²) in [4.78, 5) is 21.2. The number of aromatic carboxylic acids is 1. The van der Waals surface area contributed by atoms with Gasteiger partial charge in [0.05, 0.1) is 0 Å². The van der Waals surface area contributed by atoms with Gasteiger partial charge >= 0.3 is 5.97 Å². The highest BCUT2D eigenvalue weighted by Gasteiger charge is 2.12. The highest BCUT2D eigenvalue weighted by molar-refractivity contribution is 5.93. The van der Waals surface area contributed by atoms with E-state index >= 15 is 0 Å². The van der Waals surface area contributed by atoms with Crippen molar-refractivity contribution in [3.8, 4) is 0 Å². The number of aromatic nitrogens is 2. The van der Waals surface area contributed by atoms with Crippen LogP contribution in [0.2, 0.25) is 0 Å². The molecule has 22 heavy (non-hydrogen) atoms. The SMILES string of the molecule is O=C(O)c1cncnc1Nc1ccc(N2CCNCC2)cc1. The van der Waals surface area contributed by atoms with Gasteiger partial charge in [0.2, 0.25) is 0 Å². The van der Waals surface area contributed by atoms with Crippen LogP contribution in [0.25, 0.3) is 0 Å². The minimum atomic E-state index is -1.06. The Morgan fingerprint density at radius 2 is 1.95 bits per heavy atom. The van der Waals surface area contributed by atoms with Crippen LogP contribution in [0.4, 0.5) is 17.2 Å². The molecule has 3 N–H and O–H groups in total. The molecule has 114 valence electrons. The second-order valence-corrected chi connectivity index (χ2v) is 5.00. The Balaban J connectivity index is 1.75. The van der Waals surface area contributed by atoms with Crippen LogP contribution in [0.15, 0.2) is 36.8 Å². The normalized spacial score (nSPS) is 14.6. The smallest absolute Gasteiger partial charge is 0.341 e. The Labute approximate surface area is 128 Å². The van der Waals surface area contributed by atoms with Crippen molar-refractivity contribution in [2.45, 2.75) is 0 Å². The third kappa shape index (κ3) is 3.15. The number of hydrogen-bond donors (Lipinski definition) is 3. The molecule has 0 radical (unpaired) electrons. The first-order chi connectivity index (χ1) is 10.7. The molecule has 3 rings (SSSR count). The summed E-state index contributed by atoms with van der Waals surface area (Å²) in [6, 6.07) is 7.89. The van der Waals surface area contributed by atoms with E-state index in [2.05, 4.69) is 25.5 Å². The third-order valence-corrected chi connectivity index (χ3v) is 3.55. The summed E-state index contributed by atoms with van der Waals surface area (Å²) in [6.07, 6.45) is 2.61. The fourth-order valence-corrected chi connectivity index (χ4v) is 2.40. The van der Waals surface area contributed by atoms with Crippen molar-refractivity contribution in [3.63, 3.8) is 0 Å². The maximum Gasteiger partial charge on any atom is 0.341 e. The molecule has 1 aromatic heterocycles. The number of hydrogen-bond acceptors (Lipinski definition) is 6. The number of carboxylic acid groups (broad SMARTS) is 1. The zero-order valence-corrected chi connectivity index (χ0v) is 12.0. The third-order valence-electron chi connectivity index (χ3n) is 3.55. The van der Waals surface area contributed by atoms with Crippen LogP contribution < -0.4 is 15.5 Å². The standard InChI is InChI=1S/C15H17N5O2/c21-15(22)13-9-17-10-18-14(13)19-11-1-3-12(4-2-11)20-7-5-16-6-8-20/h1-4,9-10,16H,5-8H2,(H,21,22)(H,17,18,19). The molecule has 2 aromatic rings. The zero-order valence-electron chi connectivity index (χ0n) is 12.0. The molecule has 1 aliphatic heterocycles. The van der Waals surface area contributed by atoms with E-state index in [-0.39, 0.29) is 11.4 Å². The van der Waals surface area contributed by atoms with Crippen molar-refractivity contribution in [2.24, 2.45) is 0 Å². The molecule has 0 amide bonds. The second-order valence-electron chi connectivity index (χ2n) is 5.00. The number of nitrogens with one attached hydrogen (secondary N) is 2. The summed E-state index contributed by atoms with van der Waals surface area (Å²) in [5.41, 5.74) is 2.00. The van der Waals surface area contributed by atoms with Crippen LogP contribution in [-0.4, -0.2) is 47.2 Å². The fourth-order valence-electron chi connectivity index (χ4n) is 2.40. The Hall–Kier alpha value is -2.67. The zero-order chi connectivity index (χ0) is 15.4. The van der Waals surface area contributed by atoms with E-state index < -0.39 is 5.97 Å². The quantitative estimate of drug-likeness (QED) is 0.784. The first-order valence-electron chi connectivity index (χ1n) is 7.10. The minimum Gasteiger partial charge on any atom is -0.477 e. The number of anilines is 3. The molecule has 0 spiro atoms. The van der Waals surface area contributed by atoms with Gasteiger partial charge in [-0.3, -0.25) is 0 Å². The topological polar surface area (TPSA) is 90.4 Å². The average Bonchev–Trinajstić information content (AvgIpc) is 2.57. The molecule has 0 unspecified atom stereocenters. The molecule has 1 aromatic carbocycles. The fraction of sp³-hybridized carbons (Fsp3) is 0.267. The number of carboxylic acids is 1. The maximum atomic E-state index is 11.1. The molecule has 0 atom stereocenters. The molecule has 1 fully saturated rings. The first kappa shape index (κ1) is 14.3. The van der Waals surface area contributed by atoms with Crippen LogP contribution >= 0.6 is 0 Å². The Morgan fingerprint density at radius 3 is 2.64 bits per heavy atom. The molecule has 0 bridgehead atoms. The molecule has 1 saturated heterocycles. The molecule has 2 heterocycles. The van der Waals surface area contributed by atoms with Crippen molar-refractivity contribution < 1.29 is 9.90 Å². The van der Waals surface area contributed by atoms with E-state index in [1.165, 1.54) is 12.5 Å². The summed E-state index contributed by atoms with van der Waals surface area (Å²) in [6.45, 7) is 3.95.